The van der Waals surface area contributed by atoms with Gasteiger partial charge in [0.25, 0.3) is 0 Å². The fourth-order valence-electron chi connectivity index (χ4n) is 1.21. The molecular weight excluding hydrogens is 150 g/mol. The molecule has 0 heterocycles. The van der Waals surface area contributed by atoms with Crippen molar-refractivity contribution in [3.63, 3.8) is 0 Å². The maximum Gasteiger partial charge on any atom is 0.0634 e. The van der Waals surface area contributed by atoms with E-state index in [-0.39, 0.29) is 0 Å². The molecule has 2 heteroatoms. The van der Waals surface area contributed by atoms with E-state index in [1.807, 2.05) is 24.3 Å². The summed E-state index contributed by atoms with van der Waals surface area (Å²) in [6, 6.07) is 7.82. The van der Waals surface area contributed by atoms with Crippen LogP contribution in [0.3, 0.4) is 0 Å². The van der Waals surface area contributed by atoms with Crippen molar-refractivity contribution in [2.75, 3.05) is 5.48 Å². The maximum atomic E-state index is 8.77. The minimum Gasteiger partial charge on any atom is -0.291 e. The highest BCUT2D eigenvalue weighted by atomic mass is 16.5. The molecule has 0 aliphatic carbocycles. The van der Waals surface area contributed by atoms with Crippen LogP contribution in [0.15, 0.2) is 24.3 Å². The third-order valence-electron chi connectivity index (χ3n) is 1.94. The molecule has 2 N–H and O–H groups in total. The van der Waals surface area contributed by atoms with Gasteiger partial charge in [0.15, 0.2) is 0 Å². The number of anilines is 1. The second kappa shape index (κ2) is 4.78. The van der Waals surface area contributed by atoms with Gasteiger partial charge in [0.2, 0.25) is 0 Å². The molecule has 1 aromatic carbocycles. The fourth-order valence-corrected chi connectivity index (χ4v) is 1.21. The van der Waals surface area contributed by atoms with E-state index in [0.717, 1.165) is 12.1 Å². The van der Waals surface area contributed by atoms with Crippen LogP contribution >= 0.6 is 0 Å². The van der Waals surface area contributed by atoms with Crippen molar-refractivity contribution in [2.45, 2.75) is 26.2 Å². The molecule has 1 rings (SSSR count). The Bertz CT molecular complexity index is 235. The number of aryl methyl sites for hydroxylation is 1. The average molecular weight is 165 g/mol. The van der Waals surface area contributed by atoms with Gasteiger partial charge in [0.1, 0.15) is 0 Å². The van der Waals surface area contributed by atoms with Gasteiger partial charge in [0.05, 0.1) is 5.69 Å². The summed E-state index contributed by atoms with van der Waals surface area (Å²) in [6.45, 7) is 2.16. The van der Waals surface area contributed by atoms with Crippen molar-refractivity contribution in [3.8, 4) is 0 Å². The molecule has 0 unspecified atom stereocenters. The molecule has 0 aliphatic rings. The topological polar surface area (TPSA) is 32.3 Å². The van der Waals surface area contributed by atoms with Gasteiger partial charge in [0, 0.05) is 0 Å². The quantitative estimate of drug-likeness (QED) is 0.672. The van der Waals surface area contributed by atoms with Gasteiger partial charge >= 0.3 is 0 Å². The summed E-state index contributed by atoms with van der Waals surface area (Å²) >= 11 is 0. The van der Waals surface area contributed by atoms with Crippen LogP contribution in [0.5, 0.6) is 0 Å². The summed E-state index contributed by atoms with van der Waals surface area (Å²) in [5.74, 6) is 0. The number of unbranched alkanes of at least 4 members (excludes halogenated alkanes) is 1. The molecule has 1 aromatic rings. The van der Waals surface area contributed by atoms with Gasteiger partial charge in [-0.2, -0.15) is 0 Å². The van der Waals surface area contributed by atoms with E-state index in [2.05, 4.69) is 12.4 Å². The predicted octanol–water partition coefficient (Wildman–Crippen LogP) is 2.83. The van der Waals surface area contributed by atoms with E-state index in [4.69, 9.17) is 5.21 Å². The molecule has 12 heavy (non-hydrogen) atoms. The zero-order valence-corrected chi connectivity index (χ0v) is 7.38. The molecule has 0 fully saturated rings. The standard InChI is InChI=1S/C10H15NO/c1-2-3-6-9-7-4-5-8-10(9)11-12/h4-5,7-8,11-12H,2-3,6H2,1H3. The second-order valence-corrected chi connectivity index (χ2v) is 2.87. The number of para-hydroxylation sites is 1. The third kappa shape index (κ3) is 2.24. The maximum absolute atomic E-state index is 8.77. The third-order valence-corrected chi connectivity index (χ3v) is 1.94. The SMILES string of the molecule is CCCCc1ccccc1NO. The van der Waals surface area contributed by atoms with Gasteiger partial charge in [-0.25, -0.2) is 0 Å². The first kappa shape index (κ1) is 9.07. The molecule has 0 bridgehead atoms. The summed E-state index contributed by atoms with van der Waals surface area (Å²) < 4.78 is 0. The Hall–Kier alpha value is -1.02. The van der Waals surface area contributed by atoms with Crippen LogP contribution in [0, 0.1) is 0 Å². The van der Waals surface area contributed by atoms with Crippen molar-refractivity contribution >= 4 is 5.69 Å². The van der Waals surface area contributed by atoms with E-state index in [1.165, 1.54) is 18.4 Å². The number of rotatable bonds is 4. The van der Waals surface area contributed by atoms with Crippen molar-refractivity contribution < 1.29 is 5.21 Å². The lowest BCUT2D eigenvalue weighted by atomic mass is 10.1. The monoisotopic (exact) mass is 165 g/mol. The number of nitrogens with one attached hydrogen (secondary N) is 1. The largest absolute Gasteiger partial charge is 0.291 e. The summed E-state index contributed by atoms with van der Waals surface area (Å²) in [5.41, 5.74) is 4.21. The normalized spacial score (nSPS) is 9.83. The lowest BCUT2D eigenvalue weighted by Gasteiger charge is -2.06. The van der Waals surface area contributed by atoms with E-state index < -0.39 is 0 Å². The minimum atomic E-state index is 0.825. The van der Waals surface area contributed by atoms with E-state index in [0.29, 0.717) is 0 Å². The van der Waals surface area contributed by atoms with E-state index in [1.54, 1.807) is 0 Å². The van der Waals surface area contributed by atoms with Gasteiger partial charge in [-0.3, -0.25) is 10.7 Å². The molecule has 66 valence electrons. The van der Waals surface area contributed by atoms with E-state index >= 15 is 0 Å². The van der Waals surface area contributed by atoms with Crippen LogP contribution in [-0.4, -0.2) is 5.21 Å². The van der Waals surface area contributed by atoms with Crippen molar-refractivity contribution in [1.82, 2.24) is 0 Å². The van der Waals surface area contributed by atoms with Crippen molar-refractivity contribution in [3.05, 3.63) is 29.8 Å². The van der Waals surface area contributed by atoms with Gasteiger partial charge in [-0.1, -0.05) is 31.5 Å². The molecule has 0 saturated heterocycles. The highest BCUT2D eigenvalue weighted by Crippen LogP contribution is 2.16. The van der Waals surface area contributed by atoms with Crippen molar-refractivity contribution in [2.24, 2.45) is 0 Å². The summed E-state index contributed by atoms with van der Waals surface area (Å²) in [5, 5.41) is 8.77. The first-order valence-electron chi connectivity index (χ1n) is 4.36. The van der Waals surface area contributed by atoms with Crippen LogP contribution < -0.4 is 5.48 Å². The smallest absolute Gasteiger partial charge is 0.0634 e. The van der Waals surface area contributed by atoms with Crippen LogP contribution in [0.25, 0.3) is 0 Å². The Kier molecular flexibility index (Phi) is 3.61. The van der Waals surface area contributed by atoms with Crippen LogP contribution in [0.2, 0.25) is 0 Å². The Balaban J connectivity index is 2.68. The van der Waals surface area contributed by atoms with Crippen LogP contribution in [0.4, 0.5) is 5.69 Å². The first-order valence-corrected chi connectivity index (χ1v) is 4.36. The average Bonchev–Trinajstić information content (AvgIpc) is 2.15. The Morgan fingerprint density at radius 3 is 2.75 bits per heavy atom. The van der Waals surface area contributed by atoms with Gasteiger partial charge in [-0.05, 0) is 24.5 Å². The molecular formula is C10H15NO. The highest BCUT2D eigenvalue weighted by molar-refractivity contribution is 5.49. The molecule has 0 amide bonds. The second-order valence-electron chi connectivity index (χ2n) is 2.87. The number of benzene rings is 1. The first-order chi connectivity index (χ1) is 5.88. The summed E-state index contributed by atoms with van der Waals surface area (Å²) in [4.78, 5) is 0. The van der Waals surface area contributed by atoms with Gasteiger partial charge < -0.3 is 0 Å². The van der Waals surface area contributed by atoms with Crippen LogP contribution in [0.1, 0.15) is 25.3 Å². The van der Waals surface area contributed by atoms with E-state index in [9.17, 15) is 0 Å². The lowest BCUT2D eigenvalue weighted by molar-refractivity contribution is 0.388. The Labute approximate surface area is 73.2 Å². The molecule has 0 spiro atoms. The summed E-state index contributed by atoms with van der Waals surface area (Å²) in [6.07, 6.45) is 3.37. The van der Waals surface area contributed by atoms with Gasteiger partial charge in [-0.15, -0.1) is 0 Å². The molecule has 0 aliphatic heterocycles. The minimum absolute atomic E-state index is 0.825. The Morgan fingerprint density at radius 1 is 1.33 bits per heavy atom. The zero-order chi connectivity index (χ0) is 8.81. The molecule has 2 nitrogen and oxygen atoms in total. The number of hydrogen-bond acceptors (Lipinski definition) is 2. The Morgan fingerprint density at radius 2 is 2.08 bits per heavy atom. The highest BCUT2D eigenvalue weighted by Gasteiger charge is 1.98. The predicted molar refractivity (Wildman–Crippen MR) is 50.5 cm³/mol. The lowest BCUT2D eigenvalue weighted by Crippen LogP contribution is -1.95. The van der Waals surface area contributed by atoms with Crippen LogP contribution in [-0.2, 0) is 6.42 Å². The molecule has 0 radical (unpaired) electrons. The number of hydrogen-bond donors (Lipinski definition) is 2. The molecule has 0 aromatic heterocycles. The fraction of sp³-hybridized carbons (Fsp3) is 0.400. The summed E-state index contributed by atoms with van der Waals surface area (Å²) in [7, 11) is 0. The van der Waals surface area contributed by atoms with Crippen molar-refractivity contribution in [1.29, 1.82) is 0 Å². The molecule has 0 saturated carbocycles. The molecule has 0 atom stereocenters. The zero-order valence-electron chi connectivity index (χ0n) is 7.38.